The van der Waals surface area contributed by atoms with Crippen LogP contribution in [0.3, 0.4) is 0 Å². The second-order valence-corrected chi connectivity index (χ2v) is 5.52. The van der Waals surface area contributed by atoms with Gasteiger partial charge in [0.25, 0.3) is 0 Å². The third-order valence-corrected chi connectivity index (χ3v) is 2.80. The van der Waals surface area contributed by atoms with Gasteiger partial charge in [-0.1, -0.05) is 39.8 Å². The smallest absolute Gasteiger partial charge is 0.0951 e. The third kappa shape index (κ3) is 3.82. The van der Waals surface area contributed by atoms with Crippen LogP contribution in [0, 0.1) is 0 Å². The lowest BCUT2D eigenvalue weighted by molar-refractivity contribution is 0.791. The van der Waals surface area contributed by atoms with Crippen molar-refractivity contribution in [1.29, 1.82) is 0 Å². The third-order valence-electron chi connectivity index (χ3n) is 2.80. The summed E-state index contributed by atoms with van der Waals surface area (Å²) in [6.45, 7) is 12.9. The van der Waals surface area contributed by atoms with E-state index in [1.165, 1.54) is 11.1 Å². The van der Waals surface area contributed by atoms with Gasteiger partial charge in [0.1, 0.15) is 0 Å². The summed E-state index contributed by atoms with van der Waals surface area (Å²) in [6.07, 6.45) is 0. The van der Waals surface area contributed by atoms with E-state index in [2.05, 4.69) is 55.8 Å². The predicted molar refractivity (Wildman–Crippen MR) is 79.3 cm³/mol. The molecule has 1 aromatic carbocycles. The zero-order valence-corrected chi connectivity index (χ0v) is 12.4. The van der Waals surface area contributed by atoms with Gasteiger partial charge in [-0.05, 0) is 42.9 Å². The summed E-state index contributed by atoms with van der Waals surface area (Å²) in [5, 5.41) is 0. The summed E-state index contributed by atoms with van der Waals surface area (Å²) < 4.78 is 0. The monoisotopic (exact) mass is 244 g/mol. The molecule has 0 heterocycles. The summed E-state index contributed by atoms with van der Waals surface area (Å²) in [7, 11) is 0. The van der Waals surface area contributed by atoms with Crippen LogP contribution in [0.2, 0.25) is 0 Å². The van der Waals surface area contributed by atoms with E-state index in [9.17, 15) is 0 Å². The molecule has 2 heteroatoms. The maximum absolute atomic E-state index is 4.39. The first-order valence-electron chi connectivity index (χ1n) is 6.71. The van der Waals surface area contributed by atoms with E-state index in [1.807, 2.05) is 19.9 Å². The highest BCUT2D eigenvalue weighted by molar-refractivity contribution is 5.59. The number of aliphatic imine (C=N–C) groups is 2. The second kappa shape index (κ2) is 6.51. The van der Waals surface area contributed by atoms with Crippen LogP contribution >= 0.6 is 0 Å². The molecule has 0 unspecified atom stereocenters. The van der Waals surface area contributed by atoms with Crippen molar-refractivity contribution in [3.8, 4) is 0 Å². The molecule has 0 aliphatic rings. The van der Waals surface area contributed by atoms with Crippen molar-refractivity contribution >= 4 is 11.7 Å². The topological polar surface area (TPSA) is 24.7 Å². The molecule has 0 aliphatic heterocycles. The van der Waals surface area contributed by atoms with Crippen molar-refractivity contribution in [1.82, 2.24) is 0 Å². The van der Waals surface area contributed by atoms with Gasteiger partial charge in [0, 0.05) is 0 Å². The van der Waals surface area contributed by atoms with Crippen LogP contribution in [-0.4, -0.2) is 12.1 Å². The Morgan fingerprint density at radius 3 is 2.11 bits per heavy atom. The van der Waals surface area contributed by atoms with E-state index in [0.29, 0.717) is 11.8 Å². The fourth-order valence-electron chi connectivity index (χ4n) is 2.00. The number of nitrogens with zero attached hydrogens (tertiary/aromatic N) is 2. The first-order valence-corrected chi connectivity index (χ1v) is 6.71. The number of rotatable bonds is 4. The summed E-state index contributed by atoms with van der Waals surface area (Å²) in [5.74, 6) is 0.975. The summed E-state index contributed by atoms with van der Waals surface area (Å²) in [5.41, 5.74) is 3.69. The zero-order chi connectivity index (χ0) is 13.7. The zero-order valence-electron chi connectivity index (χ0n) is 12.4. The number of hydrogen-bond acceptors (Lipinski definition) is 2. The lowest BCUT2D eigenvalue weighted by Gasteiger charge is -2.17. The van der Waals surface area contributed by atoms with Crippen molar-refractivity contribution in [2.75, 3.05) is 0 Å². The minimum absolute atomic E-state index is 0.240. The van der Waals surface area contributed by atoms with Crippen molar-refractivity contribution in [3.05, 3.63) is 29.3 Å². The van der Waals surface area contributed by atoms with Crippen molar-refractivity contribution in [2.45, 2.75) is 59.4 Å². The molecule has 1 aromatic rings. The molecule has 0 fully saturated rings. The number of hydrogen-bond donors (Lipinski definition) is 0. The fraction of sp³-hybridized carbons (Fsp3) is 0.562. The molecule has 0 spiro atoms. The van der Waals surface area contributed by atoms with Gasteiger partial charge in [0.15, 0.2) is 0 Å². The quantitative estimate of drug-likeness (QED) is 0.655. The van der Waals surface area contributed by atoms with E-state index in [1.54, 1.807) is 0 Å². The molecule has 0 aliphatic carbocycles. The van der Waals surface area contributed by atoms with E-state index >= 15 is 0 Å². The van der Waals surface area contributed by atoms with Gasteiger partial charge in [0.05, 0.1) is 17.7 Å². The molecule has 0 amide bonds. The standard InChI is InChI=1S/C16H24N2/c1-11(2)14-8-7-9-15(16(14)12(3)4)18-10-17-13(5)6/h7-9,11-13H,1-6H3. The van der Waals surface area contributed by atoms with E-state index in [0.717, 1.165) is 5.69 Å². The number of benzene rings is 1. The molecular formula is C16H24N2. The predicted octanol–water partition coefficient (Wildman–Crippen LogP) is 5.15. The van der Waals surface area contributed by atoms with E-state index < -0.39 is 0 Å². The lowest BCUT2D eigenvalue weighted by atomic mass is 9.89. The van der Waals surface area contributed by atoms with Crippen LogP contribution in [0.5, 0.6) is 0 Å². The molecule has 98 valence electrons. The van der Waals surface area contributed by atoms with Gasteiger partial charge in [-0.2, -0.15) is 4.99 Å². The Balaban J connectivity index is 3.27. The molecule has 0 bridgehead atoms. The van der Waals surface area contributed by atoms with Gasteiger partial charge >= 0.3 is 0 Å². The average molecular weight is 244 g/mol. The van der Waals surface area contributed by atoms with Crippen LogP contribution in [0.4, 0.5) is 5.69 Å². The summed E-state index contributed by atoms with van der Waals surface area (Å²) >= 11 is 0. The van der Waals surface area contributed by atoms with Gasteiger partial charge in [-0.3, -0.25) is 0 Å². The van der Waals surface area contributed by atoms with Crippen LogP contribution in [-0.2, 0) is 0 Å². The molecule has 0 aromatic heterocycles. The van der Waals surface area contributed by atoms with Gasteiger partial charge in [0.2, 0.25) is 0 Å². The second-order valence-electron chi connectivity index (χ2n) is 5.52. The maximum Gasteiger partial charge on any atom is 0.0951 e. The Hall–Kier alpha value is -1.40. The molecular weight excluding hydrogens is 220 g/mol. The first-order chi connectivity index (χ1) is 8.43. The summed E-state index contributed by atoms with van der Waals surface area (Å²) in [4.78, 5) is 8.57. The Labute approximate surface area is 111 Å². The highest BCUT2D eigenvalue weighted by Gasteiger charge is 2.13. The molecule has 2 nitrogen and oxygen atoms in total. The Morgan fingerprint density at radius 1 is 0.944 bits per heavy atom. The molecule has 0 atom stereocenters. The van der Waals surface area contributed by atoms with Crippen LogP contribution < -0.4 is 0 Å². The minimum atomic E-state index is 0.240. The first kappa shape index (κ1) is 14.7. The molecule has 0 saturated heterocycles. The van der Waals surface area contributed by atoms with Crippen LogP contribution in [0.25, 0.3) is 0 Å². The van der Waals surface area contributed by atoms with E-state index in [-0.39, 0.29) is 6.04 Å². The van der Waals surface area contributed by atoms with Crippen LogP contribution in [0.1, 0.15) is 64.5 Å². The maximum atomic E-state index is 4.39. The molecule has 0 saturated carbocycles. The lowest BCUT2D eigenvalue weighted by Crippen LogP contribution is -1.98. The SMILES string of the molecule is CC(C)N=C=Nc1cccc(C(C)C)c1C(C)C. The highest BCUT2D eigenvalue weighted by atomic mass is 14.8. The summed E-state index contributed by atoms with van der Waals surface area (Å²) in [6, 6.07) is 9.36. The molecule has 1 rings (SSSR count). The Bertz CT molecular complexity index is 450. The van der Waals surface area contributed by atoms with E-state index in [4.69, 9.17) is 0 Å². The fourth-order valence-corrected chi connectivity index (χ4v) is 2.00. The van der Waals surface area contributed by atoms with Crippen molar-refractivity contribution in [3.63, 3.8) is 0 Å². The van der Waals surface area contributed by atoms with Crippen molar-refractivity contribution in [2.24, 2.45) is 9.98 Å². The normalized spacial score (nSPS) is 10.9. The molecule has 0 N–H and O–H groups in total. The van der Waals surface area contributed by atoms with Crippen molar-refractivity contribution < 1.29 is 0 Å². The largest absolute Gasteiger partial charge is 0.223 e. The van der Waals surface area contributed by atoms with Gasteiger partial charge in [-0.15, -0.1) is 0 Å². The Morgan fingerprint density at radius 2 is 1.61 bits per heavy atom. The van der Waals surface area contributed by atoms with Gasteiger partial charge < -0.3 is 0 Å². The minimum Gasteiger partial charge on any atom is -0.223 e. The molecule has 18 heavy (non-hydrogen) atoms. The van der Waals surface area contributed by atoms with Crippen LogP contribution in [0.15, 0.2) is 28.2 Å². The Kier molecular flexibility index (Phi) is 5.30. The average Bonchev–Trinajstić information content (AvgIpc) is 2.27. The highest BCUT2D eigenvalue weighted by Crippen LogP contribution is 2.33. The molecule has 0 radical (unpaired) electrons. The van der Waals surface area contributed by atoms with Gasteiger partial charge in [-0.25, -0.2) is 4.99 Å².